The van der Waals surface area contributed by atoms with Crippen LogP contribution >= 0.6 is 11.6 Å². The molecule has 0 atom stereocenters. The predicted molar refractivity (Wildman–Crippen MR) is 61.7 cm³/mol. The van der Waals surface area contributed by atoms with Crippen LogP contribution in [0.15, 0.2) is 23.1 Å². The molecule has 0 heterocycles. The lowest BCUT2D eigenvalue weighted by molar-refractivity contribution is -0.134. The quantitative estimate of drug-likeness (QED) is 0.870. The molecule has 0 bridgehead atoms. The first kappa shape index (κ1) is 15.1. The average molecular weight is 303 g/mol. The molecule has 102 valence electrons. The van der Waals surface area contributed by atoms with Gasteiger partial charge in [-0.3, -0.25) is 0 Å². The highest BCUT2D eigenvalue weighted by Crippen LogP contribution is 2.27. The van der Waals surface area contributed by atoms with E-state index in [9.17, 15) is 21.6 Å². The molecule has 0 spiro atoms. The van der Waals surface area contributed by atoms with Crippen molar-refractivity contribution in [1.29, 1.82) is 0 Å². The maximum absolute atomic E-state index is 12.2. The molecule has 18 heavy (non-hydrogen) atoms. The van der Waals surface area contributed by atoms with Crippen LogP contribution < -0.4 is 5.73 Å². The van der Waals surface area contributed by atoms with E-state index in [1.807, 2.05) is 0 Å². The Balaban J connectivity index is 3.17. The first-order valence-corrected chi connectivity index (χ1v) is 6.44. The van der Waals surface area contributed by atoms with Crippen molar-refractivity contribution in [2.24, 2.45) is 0 Å². The summed E-state index contributed by atoms with van der Waals surface area (Å²) in [6.07, 6.45) is -4.63. The van der Waals surface area contributed by atoms with E-state index < -0.39 is 27.6 Å². The van der Waals surface area contributed by atoms with Crippen LogP contribution in [0, 0.1) is 0 Å². The lowest BCUT2D eigenvalue weighted by Crippen LogP contribution is -2.36. The van der Waals surface area contributed by atoms with Crippen molar-refractivity contribution in [3.63, 3.8) is 0 Å². The van der Waals surface area contributed by atoms with Gasteiger partial charge >= 0.3 is 6.18 Å². The number of nitrogen functional groups attached to an aromatic ring is 1. The Hall–Kier alpha value is -0.990. The summed E-state index contributed by atoms with van der Waals surface area (Å²) in [4.78, 5) is -0.448. The van der Waals surface area contributed by atoms with Gasteiger partial charge in [0.15, 0.2) is 0 Å². The van der Waals surface area contributed by atoms with E-state index in [2.05, 4.69) is 0 Å². The molecule has 0 aliphatic carbocycles. The number of rotatable bonds is 3. The third-order valence-electron chi connectivity index (χ3n) is 2.05. The average Bonchev–Trinajstić information content (AvgIpc) is 2.19. The minimum atomic E-state index is -4.63. The summed E-state index contributed by atoms with van der Waals surface area (Å²) in [7, 11) is -3.50. The van der Waals surface area contributed by atoms with Gasteiger partial charge in [0.05, 0.1) is 5.02 Å². The van der Waals surface area contributed by atoms with Crippen molar-refractivity contribution >= 4 is 27.3 Å². The fourth-order valence-corrected chi connectivity index (χ4v) is 2.88. The minimum Gasteiger partial charge on any atom is -0.399 e. The van der Waals surface area contributed by atoms with Gasteiger partial charge in [-0.1, -0.05) is 11.6 Å². The van der Waals surface area contributed by atoms with Crippen LogP contribution in [0.4, 0.5) is 18.9 Å². The molecule has 2 N–H and O–H groups in total. The zero-order valence-electron chi connectivity index (χ0n) is 9.20. The molecule has 0 fully saturated rings. The molecule has 0 aliphatic rings. The summed E-state index contributed by atoms with van der Waals surface area (Å²) >= 11 is 5.65. The first-order chi connectivity index (χ1) is 8.04. The van der Waals surface area contributed by atoms with E-state index in [1.54, 1.807) is 0 Å². The second kappa shape index (κ2) is 4.94. The second-order valence-electron chi connectivity index (χ2n) is 3.57. The van der Waals surface area contributed by atoms with Crippen molar-refractivity contribution < 1.29 is 21.6 Å². The van der Waals surface area contributed by atoms with Crippen LogP contribution in [0.5, 0.6) is 0 Å². The largest absolute Gasteiger partial charge is 0.402 e. The monoisotopic (exact) mass is 302 g/mol. The molecule has 0 saturated carbocycles. The van der Waals surface area contributed by atoms with E-state index in [0.717, 1.165) is 13.1 Å². The highest BCUT2D eigenvalue weighted by atomic mass is 35.5. The number of nitrogens with zero attached hydrogens (tertiary/aromatic N) is 1. The number of hydrogen-bond acceptors (Lipinski definition) is 3. The molecule has 9 heteroatoms. The number of halogens is 4. The van der Waals surface area contributed by atoms with Gasteiger partial charge in [-0.25, -0.2) is 8.42 Å². The van der Waals surface area contributed by atoms with E-state index >= 15 is 0 Å². The minimum absolute atomic E-state index is 0.0957. The van der Waals surface area contributed by atoms with Crippen LogP contribution in [-0.2, 0) is 10.0 Å². The van der Waals surface area contributed by atoms with Crippen LogP contribution in [-0.4, -0.2) is 32.5 Å². The summed E-state index contributed by atoms with van der Waals surface area (Å²) in [6.45, 7) is -1.60. The van der Waals surface area contributed by atoms with Gasteiger partial charge in [-0.2, -0.15) is 17.5 Å². The van der Waals surface area contributed by atoms with Crippen molar-refractivity contribution in [3.05, 3.63) is 23.2 Å². The van der Waals surface area contributed by atoms with Gasteiger partial charge in [0.2, 0.25) is 10.0 Å². The van der Waals surface area contributed by atoms with Gasteiger partial charge in [-0.05, 0) is 18.2 Å². The summed E-state index contributed by atoms with van der Waals surface area (Å²) < 4.78 is 60.4. The summed E-state index contributed by atoms with van der Waals surface area (Å²) in [5.41, 5.74) is 5.48. The zero-order chi connectivity index (χ0) is 14.1. The van der Waals surface area contributed by atoms with Gasteiger partial charge < -0.3 is 5.73 Å². The number of anilines is 1. The van der Waals surface area contributed by atoms with E-state index in [0.29, 0.717) is 0 Å². The first-order valence-electron chi connectivity index (χ1n) is 4.62. The van der Waals surface area contributed by atoms with E-state index in [-0.39, 0.29) is 15.0 Å². The van der Waals surface area contributed by atoms with Crippen LogP contribution in [0.1, 0.15) is 0 Å². The molecular weight excluding hydrogens is 293 g/mol. The summed E-state index contributed by atoms with van der Waals surface area (Å²) in [6, 6.07) is 3.58. The van der Waals surface area contributed by atoms with Crippen molar-refractivity contribution in [2.75, 3.05) is 19.3 Å². The molecule has 0 unspecified atom stereocenters. The molecule has 1 aromatic carbocycles. The van der Waals surface area contributed by atoms with Crippen molar-refractivity contribution in [2.45, 2.75) is 11.1 Å². The van der Waals surface area contributed by atoms with Gasteiger partial charge in [0, 0.05) is 12.7 Å². The molecule has 0 saturated heterocycles. The van der Waals surface area contributed by atoms with Crippen LogP contribution in [0.2, 0.25) is 5.02 Å². The number of sulfonamides is 1. The molecule has 0 aromatic heterocycles. The Morgan fingerprint density at radius 3 is 2.44 bits per heavy atom. The molecule has 1 rings (SSSR count). The standard InChI is InChI=1S/C9H10ClF3N2O2S/c1-15(5-9(11,12)13)18(16,17)8-4-6(14)2-3-7(8)10/h2-4H,5,14H2,1H3. The highest BCUT2D eigenvalue weighted by molar-refractivity contribution is 7.89. The smallest absolute Gasteiger partial charge is 0.399 e. The molecule has 0 aliphatic heterocycles. The predicted octanol–water partition coefficient (Wildman–Crippen LogP) is 2.10. The Morgan fingerprint density at radius 2 is 1.94 bits per heavy atom. The van der Waals surface area contributed by atoms with Crippen molar-refractivity contribution in [1.82, 2.24) is 4.31 Å². The Bertz CT molecular complexity index is 545. The van der Waals surface area contributed by atoms with Crippen LogP contribution in [0.3, 0.4) is 0 Å². The van der Waals surface area contributed by atoms with Crippen molar-refractivity contribution in [3.8, 4) is 0 Å². The van der Waals surface area contributed by atoms with Crippen LogP contribution in [0.25, 0.3) is 0 Å². The normalized spacial score (nSPS) is 13.0. The van der Waals surface area contributed by atoms with E-state index in [4.69, 9.17) is 17.3 Å². The Labute approximate surface area is 107 Å². The number of benzene rings is 1. The lowest BCUT2D eigenvalue weighted by atomic mass is 10.3. The highest BCUT2D eigenvalue weighted by Gasteiger charge is 2.35. The lowest BCUT2D eigenvalue weighted by Gasteiger charge is -2.19. The summed E-state index contributed by atoms with van der Waals surface area (Å²) in [5.74, 6) is 0. The SMILES string of the molecule is CN(CC(F)(F)F)S(=O)(=O)c1cc(N)ccc1Cl. The fraction of sp³-hybridized carbons (Fsp3) is 0.333. The molecule has 0 amide bonds. The van der Waals surface area contributed by atoms with E-state index in [1.165, 1.54) is 12.1 Å². The third-order valence-corrected chi connectivity index (χ3v) is 4.33. The molecule has 4 nitrogen and oxygen atoms in total. The van der Waals surface area contributed by atoms with Gasteiger partial charge in [0.25, 0.3) is 0 Å². The fourth-order valence-electron chi connectivity index (χ4n) is 1.22. The topological polar surface area (TPSA) is 63.4 Å². The molecule has 1 aromatic rings. The second-order valence-corrected chi connectivity index (χ2v) is 5.99. The van der Waals surface area contributed by atoms with Gasteiger partial charge in [0.1, 0.15) is 11.4 Å². The van der Waals surface area contributed by atoms with Gasteiger partial charge in [-0.15, -0.1) is 0 Å². The Kier molecular flexibility index (Phi) is 4.14. The number of nitrogens with two attached hydrogens (primary N) is 1. The summed E-state index contributed by atoms with van der Waals surface area (Å²) in [5, 5.41) is -0.182. The third kappa shape index (κ3) is 3.50. The Morgan fingerprint density at radius 1 is 1.39 bits per heavy atom. The molecular formula is C9H10ClF3N2O2S. The zero-order valence-corrected chi connectivity index (χ0v) is 10.8. The maximum atomic E-state index is 12.2. The molecule has 0 radical (unpaired) electrons. The maximum Gasteiger partial charge on any atom is 0.402 e. The number of hydrogen-bond donors (Lipinski definition) is 1. The number of alkyl halides is 3.